The molecule has 0 bridgehead atoms. The molecule has 1 rings (SSSR count). The number of nitrogens with one attached hydrogen (secondary N) is 2. The van der Waals surface area contributed by atoms with Crippen molar-refractivity contribution >= 4 is 30.5 Å². The Kier molecular flexibility index (Phi) is 9.24. The highest BCUT2D eigenvalue weighted by Gasteiger charge is 2.35. The summed E-state index contributed by atoms with van der Waals surface area (Å²) in [5.41, 5.74) is 0.821. The number of aryl methyl sites for hydroxylation is 1. The topological polar surface area (TPSA) is 87.7 Å². The number of rotatable bonds is 7. The van der Waals surface area contributed by atoms with Crippen LogP contribution in [0.2, 0.25) is 0 Å². The van der Waals surface area contributed by atoms with Crippen molar-refractivity contribution in [2.24, 2.45) is 0 Å². The molecule has 0 saturated heterocycles. The third-order valence-electron chi connectivity index (χ3n) is 3.88. The molecule has 0 saturated carbocycles. The molecular weight excluding hydrogens is 402 g/mol. The van der Waals surface area contributed by atoms with Crippen molar-refractivity contribution in [2.75, 3.05) is 5.75 Å². The third kappa shape index (κ3) is 7.64. The molecular formula is C22H31N3O4S. The number of carbonyl (C=O) groups excluding carboxylic acids is 3. The summed E-state index contributed by atoms with van der Waals surface area (Å²) >= 11 is 4.16. The van der Waals surface area contributed by atoms with Crippen molar-refractivity contribution in [2.45, 2.75) is 65.3 Å². The Morgan fingerprint density at radius 1 is 1.17 bits per heavy atom. The summed E-state index contributed by atoms with van der Waals surface area (Å²) in [4.78, 5) is 39.2. The van der Waals surface area contributed by atoms with Gasteiger partial charge in [-0.1, -0.05) is 36.3 Å². The van der Waals surface area contributed by atoms with Crippen molar-refractivity contribution in [3.63, 3.8) is 0 Å². The van der Waals surface area contributed by atoms with Crippen LogP contribution in [0.4, 0.5) is 4.79 Å². The quantitative estimate of drug-likeness (QED) is 0.351. The van der Waals surface area contributed by atoms with Gasteiger partial charge in [0, 0.05) is 17.8 Å². The van der Waals surface area contributed by atoms with Gasteiger partial charge in [0.15, 0.2) is 0 Å². The molecule has 164 valence electrons. The lowest BCUT2D eigenvalue weighted by atomic mass is 10.0. The summed E-state index contributed by atoms with van der Waals surface area (Å²) in [7, 11) is 0. The summed E-state index contributed by atoms with van der Waals surface area (Å²) in [5.74, 6) is -1.08. The van der Waals surface area contributed by atoms with Crippen LogP contribution in [0.25, 0.3) is 0 Å². The van der Waals surface area contributed by atoms with Crippen LogP contribution in [0.1, 0.15) is 51.8 Å². The first-order chi connectivity index (χ1) is 13.9. The number of amides is 3. The van der Waals surface area contributed by atoms with Crippen molar-refractivity contribution in [3.8, 4) is 12.5 Å². The van der Waals surface area contributed by atoms with Crippen LogP contribution in [0.15, 0.2) is 24.3 Å². The Morgan fingerprint density at radius 2 is 1.73 bits per heavy atom. The van der Waals surface area contributed by atoms with Gasteiger partial charge in [0.1, 0.15) is 17.7 Å². The van der Waals surface area contributed by atoms with Gasteiger partial charge in [-0.05, 0) is 47.1 Å². The number of ether oxygens (including phenoxy) is 1. The summed E-state index contributed by atoms with van der Waals surface area (Å²) < 4.78 is 5.21. The number of terminal acetylenes is 1. The van der Waals surface area contributed by atoms with Crippen LogP contribution in [-0.2, 0) is 14.3 Å². The molecule has 2 unspecified atom stereocenters. The average Bonchev–Trinajstić information content (AvgIpc) is 2.62. The molecule has 1 aromatic rings. The standard InChI is InChI=1S/C22H31N3O4S/c1-8-25(20(27)17(13-30)24-21(28)29-22(5,6)7)18(19(26)23-14(2)3)16-11-9-15(4)10-12-16/h1,9-12,14,17-18,30H,13H2,2-7H3,(H,23,26)(H,24,28). The fraction of sp³-hybridized carbons (Fsp3) is 0.500. The van der Waals surface area contributed by atoms with Gasteiger partial charge in [-0.3, -0.25) is 14.5 Å². The van der Waals surface area contributed by atoms with E-state index in [0.717, 1.165) is 10.5 Å². The van der Waals surface area contributed by atoms with E-state index in [4.69, 9.17) is 11.2 Å². The number of hydrogen-bond acceptors (Lipinski definition) is 5. The molecule has 0 radical (unpaired) electrons. The molecule has 0 aliphatic rings. The zero-order chi connectivity index (χ0) is 23.1. The lowest BCUT2D eigenvalue weighted by Crippen LogP contribution is -2.52. The van der Waals surface area contributed by atoms with Crippen LogP contribution in [0.5, 0.6) is 0 Å². The molecule has 0 aliphatic heterocycles. The van der Waals surface area contributed by atoms with Gasteiger partial charge in [0.25, 0.3) is 5.91 Å². The second-order valence-corrected chi connectivity index (χ2v) is 8.56. The van der Waals surface area contributed by atoms with Gasteiger partial charge >= 0.3 is 6.09 Å². The molecule has 0 heterocycles. The molecule has 0 aromatic heterocycles. The maximum Gasteiger partial charge on any atom is 0.408 e. The van der Waals surface area contributed by atoms with E-state index >= 15 is 0 Å². The molecule has 0 spiro atoms. The van der Waals surface area contributed by atoms with Crippen LogP contribution in [0.3, 0.4) is 0 Å². The highest BCUT2D eigenvalue weighted by atomic mass is 32.1. The van der Waals surface area contributed by atoms with Crippen LogP contribution < -0.4 is 10.6 Å². The Hall–Kier alpha value is -2.66. The highest BCUT2D eigenvalue weighted by molar-refractivity contribution is 7.80. The molecule has 7 nitrogen and oxygen atoms in total. The molecule has 8 heteroatoms. The third-order valence-corrected chi connectivity index (χ3v) is 4.24. The molecule has 30 heavy (non-hydrogen) atoms. The van der Waals surface area contributed by atoms with Crippen molar-refractivity contribution in [3.05, 3.63) is 35.4 Å². The van der Waals surface area contributed by atoms with E-state index in [1.54, 1.807) is 32.9 Å². The summed E-state index contributed by atoms with van der Waals surface area (Å²) in [6, 6.07) is 7.17. The van der Waals surface area contributed by atoms with Gasteiger partial charge in [0.2, 0.25) is 5.91 Å². The number of hydrogen-bond donors (Lipinski definition) is 3. The second-order valence-electron chi connectivity index (χ2n) is 8.20. The van der Waals surface area contributed by atoms with Gasteiger partial charge in [-0.25, -0.2) is 4.79 Å². The molecule has 1 aromatic carbocycles. The number of alkyl carbamates (subject to hydrolysis) is 1. The first kappa shape index (κ1) is 25.4. The number of thiol groups is 1. The zero-order valence-corrected chi connectivity index (χ0v) is 19.2. The maximum atomic E-state index is 13.2. The first-order valence-corrected chi connectivity index (χ1v) is 10.3. The van der Waals surface area contributed by atoms with E-state index in [9.17, 15) is 14.4 Å². The SMILES string of the molecule is C#CN(C(=O)C(CS)NC(=O)OC(C)(C)C)C(C(=O)NC(C)C)c1ccc(C)cc1. The van der Waals surface area contributed by atoms with E-state index in [0.29, 0.717) is 5.56 Å². The predicted octanol–water partition coefficient (Wildman–Crippen LogP) is 2.80. The van der Waals surface area contributed by atoms with Crippen LogP contribution >= 0.6 is 12.6 Å². The number of benzene rings is 1. The molecule has 2 atom stereocenters. The smallest absolute Gasteiger partial charge is 0.408 e. The first-order valence-electron chi connectivity index (χ1n) is 9.66. The lowest BCUT2D eigenvalue weighted by molar-refractivity contribution is -0.138. The van der Waals surface area contributed by atoms with Gasteiger partial charge in [-0.15, -0.1) is 0 Å². The minimum Gasteiger partial charge on any atom is -0.444 e. The predicted molar refractivity (Wildman–Crippen MR) is 120 cm³/mol. The van der Waals surface area contributed by atoms with E-state index < -0.39 is 35.6 Å². The highest BCUT2D eigenvalue weighted by Crippen LogP contribution is 2.23. The number of nitrogens with zero attached hydrogens (tertiary/aromatic N) is 1. The maximum absolute atomic E-state index is 13.2. The Bertz CT molecular complexity index is 794. The van der Waals surface area contributed by atoms with Crippen molar-refractivity contribution in [1.29, 1.82) is 0 Å². The summed E-state index contributed by atoms with van der Waals surface area (Å²) in [6.07, 6.45) is 4.87. The average molecular weight is 434 g/mol. The van der Waals surface area contributed by atoms with Gasteiger partial charge in [0.05, 0.1) is 0 Å². The van der Waals surface area contributed by atoms with E-state index in [1.807, 2.05) is 32.9 Å². The normalized spacial score (nSPS) is 13.0. The van der Waals surface area contributed by atoms with E-state index in [-0.39, 0.29) is 11.8 Å². The van der Waals surface area contributed by atoms with Crippen LogP contribution in [-0.4, -0.2) is 46.2 Å². The lowest BCUT2D eigenvalue weighted by Gasteiger charge is -2.30. The molecule has 0 aliphatic carbocycles. The molecule has 0 fully saturated rings. The Morgan fingerprint density at radius 3 is 2.17 bits per heavy atom. The van der Waals surface area contributed by atoms with Gasteiger partial charge in [-0.2, -0.15) is 12.6 Å². The van der Waals surface area contributed by atoms with E-state index in [2.05, 4.69) is 29.3 Å². The number of carbonyl (C=O) groups is 3. The molecule has 2 N–H and O–H groups in total. The van der Waals surface area contributed by atoms with Gasteiger partial charge < -0.3 is 15.4 Å². The summed E-state index contributed by atoms with van der Waals surface area (Å²) in [5, 5.41) is 5.27. The minimum absolute atomic E-state index is 0.0251. The Labute approximate surface area is 184 Å². The Balaban J connectivity index is 3.23. The monoisotopic (exact) mass is 433 g/mol. The summed E-state index contributed by atoms with van der Waals surface area (Å²) in [6.45, 7) is 10.7. The van der Waals surface area contributed by atoms with Crippen molar-refractivity contribution < 1.29 is 19.1 Å². The van der Waals surface area contributed by atoms with Crippen molar-refractivity contribution in [1.82, 2.24) is 15.5 Å². The van der Waals surface area contributed by atoms with E-state index in [1.165, 1.54) is 0 Å². The fourth-order valence-electron chi connectivity index (χ4n) is 2.60. The molecule has 3 amide bonds. The fourth-order valence-corrected chi connectivity index (χ4v) is 2.85. The second kappa shape index (κ2) is 10.9. The largest absolute Gasteiger partial charge is 0.444 e. The minimum atomic E-state index is -1.07. The zero-order valence-electron chi connectivity index (χ0n) is 18.4. The van der Waals surface area contributed by atoms with Crippen LogP contribution in [0, 0.1) is 19.4 Å².